The Balaban J connectivity index is 2.85. The van der Waals surface area contributed by atoms with Gasteiger partial charge in [0.25, 0.3) is 0 Å². The molecule has 0 fully saturated rings. The topological polar surface area (TPSA) is 66.4 Å². The van der Waals surface area contributed by atoms with Crippen molar-refractivity contribution in [2.75, 3.05) is 5.32 Å². The molecule has 0 atom stereocenters. The zero-order chi connectivity index (χ0) is 13.0. The average Bonchev–Trinajstić information content (AvgIpc) is 2.23. The van der Waals surface area contributed by atoms with Crippen LogP contribution >= 0.6 is 23.2 Å². The molecule has 17 heavy (non-hydrogen) atoms. The molecule has 0 aliphatic heterocycles. The van der Waals surface area contributed by atoms with Crippen molar-refractivity contribution in [2.45, 2.75) is 6.92 Å². The third kappa shape index (κ3) is 4.09. The summed E-state index contributed by atoms with van der Waals surface area (Å²) in [5.41, 5.74) is 1.12. The number of hydrogen-bond acceptors (Lipinski definition) is 2. The quantitative estimate of drug-likeness (QED) is 0.833. The van der Waals surface area contributed by atoms with Gasteiger partial charge in [0, 0.05) is 17.2 Å². The lowest BCUT2D eigenvalue weighted by atomic mass is 10.2. The lowest BCUT2D eigenvalue weighted by Crippen LogP contribution is -2.09. The number of rotatable bonds is 3. The summed E-state index contributed by atoms with van der Waals surface area (Å²) in [5, 5.41) is 11.6. The van der Waals surface area contributed by atoms with Gasteiger partial charge in [0.05, 0.1) is 10.7 Å². The number of benzene rings is 1. The van der Waals surface area contributed by atoms with Gasteiger partial charge in [0.1, 0.15) is 0 Å². The van der Waals surface area contributed by atoms with Crippen LogP contribution in [0.1, 0.15) is 5.56 Å². The van der Waals surface area contributed by atoms with Gasteiger partial charge in [0.2, 0.25) is 5.91 Å². The van der Waals surface area contributed by atoms with E-state index >= 15 is 0 Å². The van der Waals surface area contributed by atoms with Crippen molar-refractivity contribution < 1.29 is 14.7 Å². The van der Waals surface area contributed by atoms with E-state index in [0.29, 0.717) is 15.7 Å². The SMILES string of the molecule is Cc1cc(Cl)c(NC(=O)/C=C/C(=O)O)cc1Cl. The Morgan fingerprint density at radius 2 is 1.88 bits per heavy atom. The summed E-state index contributed by atoms with van der Waals surface area (Å²) in [6.45, 7) is 1.78. The van der Waals surface area contributed by atoms with Crippen molar-refractivity contribution >= 4 is 40.8 Å². The van der Waals surface area contributed by atoms with Gasteiger partial charge in [-0.15, -0.1) is 0 Å². The van der Waals surface area contributed by atoms with Gasteiger partial charge in [-0.25, -0.2) is 4.79 Å². The summed E-state index contributed by atoms with van der Waals surface area (Å²) in [6, 6.07) is 3.12. The van der Waals surface area contributed by atoms with Gasteiger partial charge in [-0.1, -0.05) is 23.2 Å². The fourth-order valence-corrected chi connectivity index (χ4v) is 1.49. The number of amides is 1. The summed E-state index contributed by atoms with van der Waals surface area (Å²) < 4.78 is 0. The number of carboxylic acids is 1. The highest BCUT2D eigenvalue weighted by Gasteiger charge is 2.06. The van der Waals surface area contributed by atoms with E-state index in [0.717, 1.165) is 17.7 Å². The highest BCUT2D eigenvalue weighted by molar-refractivity contribution is 6.36. The Bertz CT molecular complexity index is 498. The van der Waals surface area contributed by atoms with Crippen LogP contribution in [0.4, 0.5) is 5.69 Å². The minimum atomic E-state index is -1.20. The van der Waals surface area contributed by atoms with Crippen molar-refractivity contribution in [3.05, 3.63) is 39.9 Å². The second kappa shape index (κ2) is 5.70. The Morgan fingerprint density at radius 1 is 1.24 bits per heavy atom. The minimum absolute atomic E-state index is 0.335. The van der Waals surface area contributed by atoms with Gasteiger partial charge >= 0.3 is 5.97 Å². The molecule has 0 unspecified atom stereocenters. The van der Waals surface area contributed by atoms with Gasteiger partial charge in [0.15, 0.2) is 0 Å². The molecule has 0 bridgehead atoms. The first-order valence-corrected chi connectivity index (χ1v) is 5.33. The molecule has 0 saturated heterocycles. The molecule has 0 saturated carbocycles. The first kappa shape index (κ1) is 13.5. The van der Waals surface area contributed by atoms with Crippen LogP contribution in [0.2, 0.25) is 10.0 Å². The zero-order valence-corrected chi connectivity index (χ0v) is 10.3. The number of hydrogen-bond donors (Lipinski definition) is 2. The fraction of sp³-hybridized carbons (Fsp3) is 0.0909. The van der Waals surface area contributed by atoms with Crippen LogP contribution in [-0.2, 0) is 9.59 Å². The maximum Gasteiger partial charge on any atom is 0.328 e. The number of nitrogens with one attached hydrogen (secondary N) is 1. The Labute approximate surface area is 108 Å². The van der Waals surface area contributed by atoms with E-state index < -0.39 is 11.9 Å². The molecule has 0 aliphatic rings. The van der Waals surface area contributed by atoms with Crippen molar-refractivity contribution in [1.82, 2.24) is 0 Å². The van der Waals surface area contributed by atoms with E-state index in [1.165, 1.54) is 6.07 Å². The third-order valence-corrected chi connectivity index (χ3v) is 2.60. The number of carbonyl (C=O) groups is 2. The molecule has 0 radical (unpaired) electrons. The van der Waals surface area contributed by atoms with Crippen LogP contribution in [0.5, 0.6) is 0 Å². The fourth-order valence-electron chi connectivity index (χ4n) is 1.06. The molecular formula is C11H9Cl2NO3. The number of aryl methyl sites for hydroxylation is 1. The van der Waals surface area contributed by atoms with Crippen molar-refractivity contribution in [1.29, 1.82) is 0 Å². The lowest BCUT2D eigenvalue weighted by molar-refractivity contribution is -0.131. The van der Waals surface area contributed by atoms with E-state index in [4.69, 9.17) is 28.3 Å². The molecule has 1 amide bonds. The maximum atomic E-state index is 11.3. The van der Waals surface area contributed by atoms with E-state index in [-0.39, 0.29) is 0 Å². The monoisotopic (exact) mass is 273 g/mol. The van der Waals surface area contributed by atoms with Gasteiger partial charge in [-0.3, -0.25) is 4.79 Å². The predicted molar refractivity (Wildman–Crippen MR) is 66.6 cm³/mol. The summed E-state index contributed by atoms with van der Waals surface area (Å²) >= 11 is 11.8. The first-order chi connectivity index (χ1) is 7.90. The molecule has 1 rings (SSSR count). The lowest BCUT2D eigenvalue weighted by Gasteiger charge is -2.07. The summed E-state index contributed by atoms with van der Waals surface area (Å²) in [5.74, 6) is -1.79. The van der Waals surface area contributed by atoms with Crippen LogP contribution < -0.4 is 5.32 Å². The Hall–Kier alpha value is -1.52. The molecule has 6 heteroatoms. The van der Waals surface area contributed by atoms with Gasteiger partial charge in [-0.05, 0) is 24.6 Å². The number of halogens is 2. The molecular weight excluding hydrogens is 265 g/mol. The van der Waals surface area contributed by atoms with Crippen LogP contribution in [0.3, 0.4) is 0 Å². The molecule has 1 aromatic carbocycles. The van der Waals surface area contributed by atoms with Crippen LogP contribution in [0, 0.1) is 6.92 Å². The summed E-state index contributed by atoms with van der Waals surface area (Å²) in [6.07, 6.45) is 1.63. The minimum Gasteiger partial charge on any atom is -0.478 e. The molecule has 0 spiro atoms. The number of anilines is 1. The molecule has 1 aromatic rings. The summed E-state index contributed by atoms with van der Waals surface area (Å²) in [7, 11) is 0. The second-order valence-electron chi connectivity index (χ2n) is 3.24. The molecule has 2 N–H and O–H groups in total. The van der Waals surface area contributed by atoms with Crippen LogP contribution in [0.25, 0.3) is 0 Å². The molecule has 4 nitrogen and oxygen atoms in total. The molecule has 0 aliphatic carbocycles. The highest BCUT2D eigenvalue weighted by Crippen LogP contribution is 2.28. The standard InChI is InChI=1S/C11H9Cl2NO3/c1-6-4-8(13)9(5-7(6)12)14-10(15)2-3-11(16)17/h2-5H,1H3,(H,14,15)(H,16,17)/b3-2+. The summed E-state index contributed by atoms with van der Waals surface area (Å²) in [4.78, 5) is 21.5. The average molecular weight is 274 g/mol. The number of carbonyl (C=O) groups excluding carboxylic acids is 1. The van der Waals surface area contributed by atoms with Crippen molar-refractivity contribution in [3.8, 4) is 0 Å². The Morgan fingerprint density at radius 3 is 2.47 bits per heavy atom. The van der Waals surface area contributed by atoms with Crippen molar-refractivity contribution in [2.24, 2.45) is 0 Å². The zero-order valence-electron chi connectivity index (χ0n) is 8.83. The Kier molecular flexibility index (Phi) is 4.54. The molecule has 90 valence electrons. The van der Waals surface area contributed by atoms with Gasteiger partial charge < -0.3 is 10.4 Å². The molecule has 0 heterocycles. The van der Waals surface area contributed by atoms with E-state index in [1.807, 2.05) is 0 Å². The smallest absolute Gasteiger partial charge is 0.328 e. The number of carboxylic acid groups (broad SMARTS) is 1. The van der Waals surface area contributed by atoms with Gasteiger partial charge in [-0.2, -0.15) is 0 Å². The number of aliphatic carboxylic acids is 1. The van der Waals surface area contributed by atoms with E-state index in [1.54, 1.807) is 13.0 Å². The normalized spacial score (nSPS) is 10.5. The second-order valence-corrected chi connectivity index (χ2v) is 4.06. The van der Waals surface area contributed by atoms with E-state index in [9.17, 15) is 9.59 Å². The predicted octanol–water partition coefficient (Wildman–Crippen LogP) is 2.88. The van der Waals surface area contributed by atoms with Crippen LogP contribution in [-0.4, -0.2) is 17.0 Å². The maximum absolute atomic E-state index is 11.3. The largest absolute Gasteiger partial charge is 0.478 e. The third-order valence-electron chi connectivity index (χ3n) is 1.88. The van der Waals surface area contributed by atoms with Crippen LogP contribution in [0.15, 0.2) is 24.3 Å². The highest BCUT2D eigenvalue weighted by atomic mass is 35.5. The first-order valence-electron chi connectivity index (χ1n) is 4.58. The molecule has 0 aromatic heterocycles. The van der Waals surface area contributed by atoms with E-state index in [2.05, 4.69) is 5.32 Å². The van der Waals surface area contributed by atoms with Crippen molar-refractivity contribution in [3.63, 3.8) is 0 Å².